The summed E-state index contributed by atoms with van der Waals surface area (Å²) in [5.41, 5.74) is 9.55. The van der Waals surface area contributed by atoms with Crippen LogP contribution in [0.2, 0.25) is 0 Å². The number of aromatic nitrogens is 2. The number of fused-ring (bicyclic) bond motifs is 6. The van der Waals surface area contributed by atoms with E-state index in [2.05, 4.69) is 155 Å². The van der Waals surface area contributed by atoms with E-state index >= 15 is 0 Å². The summed E-state index contributed by atoms with van der Waals surface area (Å²) in [5, 5.41) is 5.02. The second-order valence-corrected chi connectivity index (χ2v) is 10.6. The van der Waals surface area contributed by atoms with Gasteiger partial charge in [0.05, 0.1) is 35.3 Å². The van der Waals surface area contributed by atoms with Gasteiger partial charge in [0, 0.05) is 32.9 Å². The highest BCUT2D eigenvalue weighted by Gasteiger charge is 2.14. The van der Waals surface area contributed by atoms with E-state index in [-0.39, 0.29) is 0 Å². The van der Waals surface area contributed by atoms with Gasteiger partial charge >= 0.3 is 0 Å². The molecule has 0 amide bonds. The van der Waals surface area contributed by atoms with Crippen LogP contribution < -0.4 is 0 Å². The molecule has 3 nitrogen and oxygen atoms in total. The zero-order valence-corrected chi connectivity index (χ0v) is 22.6. The molecule has 8 rings (SSSR count). The smallest absolute Gasteiger partial charge is 0.0721 e. The maximum atomic E-state index is 6.30. The van der Waals surface area contributed by atoms with Crippen LogP contribution in [0.3, 0.4) is 0 Å². The molecular weight excluding hydrogens is 500 g/mol. The molecule has 0 unspecified atom stereocenters. The third-order valence-corrected chi connectivity index (χ3v) is 8.04. The fourth-order valence-corrected chi connectivity index (χ4v) is 6.22. The van der Waals surface area contributed by atoms with E-state index in [0.29, 0.717) is 13.2 Å². The first-order valence-corrected chi connectivity index (χ1v) is 14.1. The normalized spacial score (nSPS) is 11.7. The average Bonchev–Trinajstić information content (AvgIpc) is 3.54. The van der Waals surface area contributed by atoms with Crippen LogP contribution in [0.1, 0.15) is 11.1 Å². The summed E-state index contributed by atoms with van der Waals surface area (Å²) in [6.45, 7) is 1.12. The molecule has 0 N–H and O–H groups in total. The van der Waals surface area contributed by atoms with Crippen molar-refractivity contribution in [2.24, 2.45) is 0 Å². The lowest BCUT2D eigenvalue weighted by atomic mass is 10.1. The van der Waals surface area contributed by atoms with Gasteiger partial charge < -0.3 is 13.9 Å². The zero-order valence-electron chi connectivity index (χ0n) is 22.6. The molecule has 0 aliphatic heterocycles. The lowest BCUT2D eigenvalue weighted by molar-refractivity contribution is 0.107. The summed E-state index contributed by atoms with van der Waals surface area (Å²) >= 11 is 0. The highest BCUT2D eigenvalue weighted by atomic mass is 16.5. The Morgan fingerprint density at radius 3 is 1.22 bits per heavy atom. The molecule has 0 fully saturated rings. The topological polar surface area (TPSA) is 19.1 Å². The number of hydrogen-bond donors (Lipinski definition) is 0. The van der Waals surface area contributed by atoms with Crippen molar-refractivity contribution in [3.8, 4) is 11.4 Å². The first-order valence-electron chi connectivity index (χ1n) is 14.1. The molecule has 8 aromatic rings. The zero-order chi connectivity index (χ0) is 27.2. The number of para-hydroxylation sites is 4. The molecule has 3 heteroatoms. The summed E-state index contributed by atoms with van der Waals surface area (Å²) in [5.74, 6) is 0. The monoisotopic (exact) mass is 528 g/mol. The number of ether oxygens (including phenoxy) is 1. The van der Waals surface area contributed by atoms with Crippen LogP contribution in [0.5, 0.6) is 0 Å². The molecule has 0 saturated heterocycles. The molecule has 0 radical (unpaired) electrons. The predicted octanol–water partition coefficient (Wildman–Crippen LogP) is 9.60. The summed E-state index contributed by atoms with van der Waals surface area (Å²) in [4.78, 5) is 0. The van der Waals surface area contributed by atoms with Gasteiger partial charge in [-0.3, -0.25) is 0 Å². The lowest BCUT2D eigenvalue weighted by Gasteiger charge is -2.09. The molecule has 0 saturated carbocycles. The lowest BCUT2D eigenvalue weighted by Crippen LogP contribution is -1.96. The highest BCUT2D eigenvalue weighted by molar-refractivity contribution is 6.10. The van der Waals surface area contributed by atoms with Crippen LogP contribution in [-0.2, 0) is 18.0 Å². The molecule has 2 heterocycles. The fourth-order valence-electron chi connectivity index (χ4n) is 6.22. The standard InChI is InChI=1S/C38H28N2O/c1-3-11-29(12-4-1)39-35-17-9-7-15-31(35)33-23-27(19-21-37(33)39)25-41-26-28-20-22-38-34(24-28)32-16-8-10-18-36(32)40(38)30-13-5-2-6-14-30/h1-24H,25-26H2. The molecule has 0 bridgehead atoms. The molecule has 0 atom stereocenters. The molecule has 2 aromatic heterocycles. The molecule has 196 valence electrons. The molecule has 0 aliphatic carbocycles. The minimum absolute atomic E-state index is 0.560. The molecule has 6 aromatic carbocycles. The van der Waals surface area contributed by atoms with Gasteiger partial charge in [-0.1, -0.05) is 84.9 Å². The molecule has 0 aliphatic rings. The quantitative estimate of drug-likeness (QED) is 0.210. The van der Waals surface area contributed by atoms with Crippen LogP contribution >= 0.6 is 0 Å². The van der Waals surface area contributed by atoms with E-state index in [1.807, 2.05) is 0 Å². The van der Waals surface area contributed by atoms with Gasteiger partial charge in [0.25, 0.3) is 0 Å². The summed E-state index contributed by atoms with van der Waals surface area (Å²) in [6, 6.07) is 51.8. The van der Waals surface area contributed by atoms with E-state index in [4.69, 9.17) is 4.74 Å². The second-order valence-electron chi connectivity index (χ2n) is 10.6. The third-order valence-electron chi connectivity index (χ3n) is 8.04. The fraction of sp³-hybridized carbons (Fsp3) is 0.0526. The Labute approximate surface area is 238 Å². The molecular formula is C38H28N2O. The maximum absolute atomic E-state index is 6.30. The minimum Gasteiger partial charge on any atom is -0.372 e. The number of rotatable bonds is 6. The predicted molar refractivity (Wildman–Crippen MR) is 170 cm³/mol. The Morgan fingerprint density at radius 2 is 0.756 bits per heavy atom. The van der Waals surface area contributed by atoms with E-state index in [0.717, 1.165) is 0 Å². The van der Waals surface area contributed by atoms with Crippen molar-refractivity contribution >= 4 is 43.6 Å². The SMILES string of the molecule is c1ccc(-n2c3ccccc3c3cc(COCc4ccc5c(c4)c4ccccc4n5-c4ccccc4)ccc32)cc1. The Hall–Kier alpha value is -5.12. The average molecular weight is 529 g/mol. The first kappa shape index (κ1) is 23.7. The molecule has 41 heavy (non-hydrogen) atoms. The number of benzene rings is 6. The van der Waals surface area contributed by atoms with Gasteiger partial charge in [0.1, 0.15) is 0 Å². The number of nitrogens with zero attached hydrogens (tertiary/aromatic N) is 2. The summed E-state index contributed by atoms with van der Waals surface area (Å²) in [6.07, 6.45) is 0. The first-order chi connectivity index (χ1) is 20.3. The van der Waals surface area contributed by atoms with Crippen molar-refractivity contribution in [1.82, 2.24) is 9.13 Å². The van der Waals surface area contributed by atoms with Gasteiger partial charge in [0.15, 0.2) is 0 Å². The van der Waals surface area contributed by atoms with Gasteiger partial charge in [-0.25, -0.2) is 0 Å². The maximum Gasteiger partial charge on any atom is 0.0721 e. The van der Waals surface area contributed by atoms with Crippen molar-refractivity contribution < 1.29 is 4.74 Å². The van der Waals surface area contributed by atoms with E-state index in [9.17, 15) is 0 Å². The largest absolute Gasteiger partial charge is 0.372 e. The van der Waals surface area contributed by atoms with Gasteiger partial charge in [-0.05, 0) is 71.8 Å². The van der Waals surface area contributed by atoms with Crippen molar-refractivity contribution in [3.05, 3.63) is 157 Å². The summed E-state index contributed by atoms with van der Waals surface area (Å²) in [7, 11) is 0. The Bertz CT molecular complexity index is 2010. The van der Waals surface area contributed by atoms with E-state index < -0.39 is 0 Å². The third kappa shape index (κ3) is 4.02. The van der Waals surface area contributed by atoms with Crippen molar-refractivity contribution in [3.63, 3.8) is 0 Å². The summed E-state index contributed by atoms with van der Waals surface area (Å²) < 4.78 is 11.0. The van der Waals surface area contributed by atoms with Gasteiger partial charge in [-0.2, -0.15) is 0 Å². The van der Waals surface area contributed by atoms with Crippen LogP contribution in [0.4, 0.5) is 0 Å². The Kier molecular flexibility index (Phi) is 5.68. The van der Waals surface area contributed by atoms with Crippen LogP contribution in [0.25, 0.3) is 55.0 Å². The van der Waals surface area contributed by atoms with E-state index in [1.165, 1.54) is 66.1 Å². The second kappa shape index (κ2) is 9.81. The Balaban J connectivity index is 1.10. The van der Waals surface area contributed by atoms with Crippen LogP contribution in [0.15, 0.2) is 146 Å². The highest BCUT2D eigenvalue weighted by Crippen LogP contribution is 2.34. The van der Waals surface area contributed by atoms with Crippen LogP contribution in [0, 0.1) is 0 Å². The van der Waals surface area contributed by atoms with Gasteiger partial charge in [0.2, 0.25) is 0 Å². The minimum atomic E-state index is 0.560. The van der Waals surface area contributed by atoms with E-state index in [1.54, 1.807) is 0 Å². The number of hydrogen-bond acceptors (Lipinski definition) is 1. The van der Waals surface area contributed by atoms with Crippen molar-refractivity contribution in [1.29, 1.82) is 0 Å². The van der Waals surface area contributed by atoms with Crippen LogP contribution in [-0.4, -0.2) is 9.13 Å². The van der Waals surface area contributed by atoms with Crippen molar-refractivity contribution in [2.75, 3.05) is 0 Å². The molecule has 0 spiro atoms. The Morgan fingerprint density at radius 1 is 0.366 bits per heavy atom. The van der Waals surface area contributed by atoms with Gasteiger partial charge in [-0.15, -0.1) is 0 Å². The van der Waals surface area contributed by atoms with Crippen molar-refractivity contribution in [2.45, 2.75) is 13.2 Å².